The van der Waals surface area contributed by atoms with Crippen molar-refractivity contribution in [3.05, 3.63) is 59.2 Å². The Balaban J connectivity index is 2.09. The molecule has 0 spiro atoms. The van der Waals surface area contributed by atoms with E-state index < -0.39 is 0 Å². The number of Topliss-reactive ketones (excluding diaryl/α,β-unsaturated/α-hetero) is 1. The van der Waals surface area contributed by atoms with Gasteiger partial charge in [0.05, 0.1) is 14.2 Å². The summed E-state index contributed by atoms with van der Waals surface area (Å²) in [5.41, 5.74) is 3.02. The minimum absolute atomic E-state index is 0.159. The lowest BCUT2D eigenvalue weighted by Crippen LogP contribution is -2.08. The van der Waals surface area contributed by atoms with Gasteiger partial charge in [-0.3, -0.25) is 4.79 Å². The highest BCUT2D eigenvalue weighted by molar-refractivity contribution is 5.83. The Hall–Kier alpha value is -2.29. The van der Waals surface area contributed by atoms with Crippen LogP contribution < -0.4 is 9.47 Å². The van der Waals surface area contributed by atoms with Crippen LogP contribution in [0.5, 0.6) is 11.5 Å². The summed E-state index contributed by atoms with van der Waals surface area (Å²) in [6, 6.07) is 13.5. The maximum atomic E-state index is 12.3. The molecule has 2 aromatic rings. The molecule has 21 heavy (non-hydrogen) atoms. The van der Waals surface area contributed by atoms with E-state index in [4.69, 9.17) is 9.47 Å². The Morgan fingerprint density at radius 2 is 1.81 bits per heavy atom. The molecule has 0 atom stereocenters. The summed E-state index contributed by atoms with van der Waals surface area (Å²) in [7, 11) is 3.25. The topological polar surface area (TPSA) is 35.5 Å². The maximum Gasteiger partial charge on any atom is 0.141 e. The number of rotatable bonds is 6. The Labute approximate surface area is 125 Å². The molecule has 0 aliphatic heterocycles. The van der Waals surface area contributed by atoms with Gasteiger partial charge in [-0.05, 0) is 30.7 Å². The molecule has 0 aliphatic carbocycles. The molecule has 0 saturated heterocycles. The third-order valence-electron chi connectivity index (χ3n) is 3.36. The third-order valence-corrected chi connectivity index (χ3v) is 3.36. The molecule has 0 aliphatic rings. The summed E-state index contributed by atoms with van der Waals surface area (Å²) >= 11 is 0. The maximum absolute atomic E-state index is 12.3. The molecule has 0 unspecified atom stereocenters. The first-order valence-electron chi connectivity index (χ1n) is 6.90. The van der Waals surface area contributed by atoms with Crippen molar-refractivity contribution in [3.8, 4) is 11.5 Å². The van der Waals surface area contributed by atoms with Gasteiger partial charge in [0, 0.05) is 18.4 Å². The summed E-state index contributed by atoms with van der Waals surface area (Å²) in [6.07, 6.45) is 0.774. The van der Waals surface area contributed by atoms with Crippen LogP contribution in [0.2, 0.25) is 0 Å². The van der Waals surface area contributed by atoms with E-state index in [9.17, 15) is 4.79 Å². The van der Waals surface area contributed by atoms with Crippen molar-refractivity contribution < 1.29 is 14.3 Å². The fourth-order valence-corrected chi connectivity index (χ4v) is 2.33. The van der Waals surface area contributed by atoms with Crippen molar-refractivity contribution in [2.45, 2.75) is 19.8 Å². The van der Waals surface area contributed by atoms with E-state index in [0.29, 0.717) is 12.8 Å². The Morgan fingerprint density at radius 1 is 1.00 bits per heavy atom. The molecular formula is C18H20O3. The van der Waals surface area contributed by atoms with Gasteiger partial charge in [-0.25, -0.2) is 0 Å². The fraction of sp³-hybridized carbons (Fsp3) is 0.278. The second-order valence-corrected chi connectivity index (χ2v) is 5.06. The Bertz CT molecular complexity index is 632. The lowest BCUT2D eigenvalue weighted by Gasteiger charge is -2.09. The van der Waals surface area contributed by atoms with E-state index in [-0.39, 0.29) is 5.78 Å². The van der Waals surface area contributed by atoms with E-state index in [0.717, 1.165) is 28.2 Å². The van der Waals surface area contributed by atoms with Crippen LogP contribution in [0.3, 0.4) is 0 Å². The first kappa shape index (κ1) is 15.1. The third kappa shape index (κ3) is 4.09. The number of methoxy groups -OCH3 is 2. The number of carbonyl (C=O) groups excluding carboxylic acids is 1. The summed E-state index contributed by atoms with van der Waals surface area (Å²) in [6.45, 7) is 2.01. The smallest absolute Gasteiger partial charge is 0.141 e. The molecule has 0 radical (unpaired) electrons. The molecule has 110 valence electrons. The zero-order valence-electron chi connectivity index (χ0n) is 12.7. The van der Waals surface area contributed by atoms with Crippen LogP contribution in [-0.4, -0.2) is 20.0 Å². The quantitative estimate of drug-likeness (QED) is 0.816. The van der Waals surface area contributed by atoms with Crippen molar-refractivity contribution in [1.82, 2.24) is 0 Å². The van der Waals surface area contributed by atoms with Gasteiger partial charge in [0.2, 0.25) is 0 Å². The largest absolute Gasteiger partial charge is 0.497 e. The van der Waals surface area contributed by atoms with Crippen molar-refractivity contribution >= 4 is 5.78 Å². The van der Waals surface area contributed by atoms with E-state index in [1.807, 2.05) is 49.4 Å². The minimum atomic E-state index is 0.159. The van der Waals surface area contributed by atoms with Crippen LogP contribution in [0, 0.1) is 6.92 Å². The molecule has 0 amide bonds. The average molecular weight is 284 g/mol. The van der Waals surface area contributed by atoms with Crippen molar-refractivity contribution in [2.75, 3.05) is 14.2 Å². The van der Waals surface area contributed by atoms with Gasteiger partial charge in [-0.1, -0.05) is 29.8 Å². The molecule has 0 N–H and O–H groups in total. The number of aryl methyl sites for hydroxylation is 1. The number of ether oxygens (including phenoxy) is 2. The summed E-state index contributed by atoms with van der Waals surface area (Å²) in [4.78, 5) is 12.3. The van der Waals surface area contributed by atoms with E-state index >= 15 is 0 Å². The zero-order chi connectivity index (χ0) is 15.2. The second kappa shape index (κ2) is 6.93. The number of hydrogen-bond acceptors (Lipinski definition) is 3. The van der Waals surface area contributed by atoms with Gasteiger partial charge in [0.1, 0.15) is 17.3 Å². The van der Waals surface area contributed by atoms with Crippen LogP contribution >= 0.6 is 0 Å². The van der Waals surface area contributed by atoms with Gasteiger partial charge in [-0.15, -0.1) is 0 Å². The number of carbonyl (C=O) groups is 1. The van der Waals surface area contributed by atoms with Gasteiger partial charge in [0.25, 0.3) is 0 Å². The minimum Gasteiger partial charge on any atom is -0.497 e. The highest BCUT2D eigenvalue weighted by Gasteiger charge is 2.10. The second-order valence-electron chi connectivity index (χ2n) is 5.06. The predicted molar refractivity (Wildman–Crippen MR) is 83.1 cm³/mol. The predicted octanol–water partition coefficient (Wildman–Crippen LogP) is 3.37. The van der Waals surface area contributed by atoms with E-state index in [2.05, 4.69) is 0 Å². The molecule has 0 heterocycles. The lowest BCUT2D eigenvalue weighted by molar-refractivity contribution is -0.117. The molecular weight excluding hydrogens is 264 g/mol. The molecule has 0 saturated carbocycles. The first-order valence-corrected chi connectivity index (χ1v) is 6.90. The average Bonchev–Trinajstić information content (AvgIpc) is 2.47. The molecule has 0 fully saturated rings. The first-order chi connectivity index (χ1) is 10.1. The Kier molecular flexibility index (Phi) is 4.99. The highest BCUT2D eigenvalue weighted by atomic mass is 16.5. The van der Waals surface area contributed by atoms with Crippen LogP contribution in [0.25, 0.3) is 0 Å². The van der Waals surface area contributed by atoms with Crippen molar-refractivity contribution in [1.29, 1.82) is 0 Å². The van der Waals surface area contributed by atoms with Gasteiger partial charge in [0.15, 0.2) is 0 Å². The number of hydrogen-bond donors (Lipinski definition) is 0. The highest BCUT2D eigenvalue weighted by Crippen LogP contribution is 2.21. The van der Waals surface area contributed by atoms with Crippen LogP contribution in [0.4, 0.5) is 0 Å². The zero-order valence-corrected chi connectivity index (χ0v) is 12.7. The molecule has 0 aromatic heterocycles. The van der Waals surface area contributed by atoms with Gasteiger partial charge in [-0.2, -0.15) is 0 Å². The monoisotopic (exact) mass is 284 g/mol. The Morgan fingerprint density at radius 3 is 2.52 bits per heavy atom. The van der Waals surface area contributed by atoms with Crippen LogP contribution in [0.15, 0.2) is 42.5 Å². The molecule has 2 aromatic carbocycles. The molecule has 2 rings (SSSR count). The lowest BCUT2D eigenvalue weighted by atomic mass is 10.0. The normalized spacial score (nSPS) is 10.2. The SMILES string of the molecule is COc1cccc(CC(=O)Cc2cc(C)ccc2OC)c1. The van der Waals surface area contributed by atoms with E-state index in [1.54, 1.807) is 14.2 Å². The van der Waals surface area contributed by atoms with Crippen LogP contribution in [0.1, 0.15) is 16.7 Å². The standard InChI is InChI=1S/C18H20O3/c1-13-7-8-18(21-3)15(9-13)12-16(19)10-14-5-4-6-17(11-14)20-2/h4-9,11H,10,12H2,1-3H3. The van der Waals surface area contributed by atoms with Gasteiger partial charge >= 0.3 is 0 Å². The number of ketones is 1. The molecule has 0 bridgehead atoms. The fourth-order valence-electron chi connectivity index (χ4n) is 2.33. The number of benzene rings is 2. The van der Waals surface area contributed by atoms with Crippen LogP contribution in [-0.2, 0) is 17.6 Å². The van der Waals surface area contributed by atoms with E-state index in [1.165, 1.54) is 0 Å². The molecule has 3 heteroatoms. The molecule has 3 nitrogen and oxygen atoms in total. The summed E-state index contributed by atoms with van der Waals surface area (Å²) in [5, 5.41) is 0. The summed E-state index contributed by atoms with van der Waals surface area (Å²) < 4.78 is 10.5. The van der Waals surface area contributed by atoms with Crippen molar-refractivity contribution in [3.63, 3.8) is 0 Å². The van der Waals surface area contributed by atoms with Gasteiger partial charge < -0.3 is 9.47 Å². The van der Waals surface area contributed by atoms with Crippen molar-refractivity contribution in [2.24, 2.45) is 0 Å². The summed E-state index contributed by atoms with van der Waals surface area (Å²) in [5.74, 6) is 1.69.